The summed E-state index contributed by atoms with van der Waals surface area (Å²) in [6, 6.07) is 16.9. The van der Waals surface area contributed by atoms with Crippen LogP contribution < -0.4 is 15.4 Å². The maximum atomic E-state index is 12.9. The lowest BCUT2D eigenvalue weighted by atomic mass is 10.1. The highest BCUT2D eigenvalue weighted by molar-refractivity contribution is 6.09. The summed E-state index contributed by atoms with van der Waals surface area (Å²) in [6.07, 6.45) is 1.80. The van der Waals surface area contributed by atoms with Gasteiger partial charge >= 0.3 is 0 Å². The second kappa shape index (κ2) is 7.56. The van der Waals surface area contributed by atoms with Crippen molar-refractivity contribution >= 4 is 23.3 Å². The number of hydrogen-bond acceptors (Lipinski definition) is 4. The topological polar surface area (TPSA) is 85.2 Å². The molecule has 3 aromatic rings. The number of rotatable bonds is 5. The minimum absolute atomic E-state index is 0.232. The number of anilines is 2. The quantitative estimate of drug-likeness (QED) is 0.717. The van der Waals surface area contributed by atoms with Gasteiger partial charge < -0.3 is 15.4 Å². The molecule has 1 unspecified atom stereocenters. The van der Waals surface area contributed by atoms with Gasteiger partial charge in [0.15, 0.2) is 11.9 Å². The highest BCUT2D eigenvalue weighted by Gasteiger charge is 2.27. The molecule has 2 N–H and O–H groups in total. The zero-order chi connectivity index (χ0) is 19.5. The summed E-state index contributed by atoms with van der Waals surface area (Å²) in [7, 11) is 0. The molecule has 0 aliphatic carbocycles. The number of amides is 2. The summed E-state index contributed by atoms with van der Waals surface area (Å²) < 4.78 is 7.41. The molecule has 0 saturated carbocycles. The molecule has 142 valence electrons. The number of benzene rings is 2. The van der Waals surface area contributed by atoms with Gasteiger partial charge in [-0.1, -0.05) is 36.4 Å². The minimum Gasteiger partial charge on any atom is -0.478 e. The Morgan fingerprint density at radius 3 is 2.82 bits per heavy atom. The molecule has 1 atom stereocenters. The summed E-state index contributed by atoms with van der Waals surface area (Å²) in [4.78, 5) is 24.6. The lowest BCUT2D eigenvalue weighted by molar-refractivity contribution is -0.122. The Morgan fingerprint density at radius 1 is 1.18 bits per heavy atom. The molecule has 2 aromatic carbocycles. The number of carbonyl (C=O) groups is 2. The Hall–Kier alpha value is -3.61. The average Bonchev–Trinajstić information content (AvgIpc) is 3.14. The average molecular weight is 376 g/mol. The van der Waals surface area contributed by atoms with E-state index in [-0.39, 0.29) is 11.8 Å². The van der Waals surface area contributed by atoms with Gasteiger partial charge in [-0.2, -0.15) is 5.10 Å². The molecular weight excluding hydrogens is 356 g/mol. The molecule has 7 nitrogen and oxygen atoms in total. The van der Waals surface area contributed by atoms with E-state index >= 15 is 0 Å². The standard InChI is InChI=1S/C21H20N4O3/c1-14-20(26)23-17-9-5-8-16(19(17)28-14)21(27)24-18-10-12-22-25(18)13-11-15-6-3-2-4-7-15/h2-10,12,14H,11,13H2,1H3,(H,23,26)(H,24,27). The summed E-state index contributed by atoms with van der Waals surface area (Å²) in [5, 5.41) is 9.94. The van der Waals surface area contributed by atoms with E-state index in [1.54, 1.807) is 42.1 Å². The summed E-state index contributed by atoms with van der Waals surface area (Å²) >= 11 is 0. The second-order valence-electron chi connectivity index (χ2n) is 6.56. The fourth-order valence-electron chi connectivity index (χ4n) is 3.09. The van der Waals surface area contributed by atoms with E-state index in [4.69, 9.17) is 4.74 Å². The van der Waals surface area contributed by atoms with E-state index in [2.05, 4.69) is 27.9 Å². The van der Waals surface area contributed by atoms with Crippen LogP contribution in [0.1, 0.15) is 22.8 Å². The SMILES string of the molecule is CC1Oc2c(cccc2C(=O)Nc2ccnn2CCc2ccccc2)NC1=O. The highest BCUT2D eigenvalue weighted by Crippen LogP contribution is 2.33. The van der Waals surface area contributed by atoms with Gasteiger partial charge in [0.2, 0.25) is 0 Å². The van der Waals surface area contributed by atoms with Gasteiger partial charge in [-0.05, 0) is 31.0 Å². The van der Waals surface area contributed by atoms with E-state index in [1.165, 1.54) is 5.56 Å². The third-order valence-electron chi connectivity index (χ3n) is 4.59. The lowest BCUT2D eigenvalue weighted by Gasteiger charge is -2.25. The first kappa shape index (κ1) is 17.8. The van der Waals surface area contributed by atoms with Crippen LogP contribution in [0.4, 0.5) is 11.5 Å². The Labute approximate surface area is 162 Å². The van der Waals surface area contributed by atoms with E-state index < -0.39 is 6.10 Å². The largest absolute Gasteiger partial charge is 0.478 e. The maximum absolute atomic E-state index is 12.9. The third-order valence-corrected chi connectivity index (χ3v) is 4.59. The van der Waals surface area contributed by atoms with Crippen LogP contribution in [0, 0.1) is 0 Å². The molecule has 0 saturated heterocycles. The Balaban J connectivity index is 1.50. The zero-order valence-corrected chi connectivity index (χ0v) is 15.4. The van der Waals surface area contributed by atoms with Crippen LogP contribution in [0.5, 0.6) is 5.75 Å². The smallest absolute Gasteiger partial charge is 0.265 e. The van der Waals surface area contributed by atoms with Crippen molar-refractivity contribution in [3.8, 4) is 5.75 Å². The van der Waals surface area contributed by atoms with E-state index in [1.807, 2.05) is 18.2 Å². The van der Waals surface area contributed by atoms with E-state index in [0.717, 1.165) is 6.42 Å². The molecule has 28 heavy (non-hydrogen) atoms. The van der Waals surface area contributed by atoms with Gasteiger partial charge in [0.05, 0.1) is 17.4 Å². The van der Waals surface area contributed by atoms with Crippen molar-refractivity contribution in [3.05, 3.63) is 71.9 Å². The van der Waals surface area contributed by atoms with Crippen LogP contribution in [0.25, 0.3) is 0 Å². The molecule has 1 aromatic heterocycles. The number of fused-ring (bicyclic) bond motifs is 1. The van der Waals surface area contributed by atoms with Gasteiger partial charge in [0.1, 0.15) is 5.82 Å². The molecule has 1 aliphatic rings. The fraction of sp³-hybridized carbons (Fsp3) is 0.190. The normalized spacial score (nSPS) is 15.3. The number of aryl methyl sites for hydroxylation is 2. The predicted octanol–water partition coefficient (Wildman–Crippen LogP) is 3.10. The van der Waals surface area contributed by atoms with Crippen molar-refractivity contribution < 1.29 is 14.3 Å². The number of carbonyl (C=O) groups excluding carboxylic acids is 2. The Morgan fingerprint density at radius 2 is 2.00 bits per heavy atom. The van der Waals surface area contributed by atoms with E-state index in [9.17, 15) is 9.59 Å². The molecule has 0 fully saturated rings. The van der Waals surface area contributed by atoms with Crippen LogP contribution in [0.2, 0.25) is 0 Å². The van der Waals surface area contributed by atoms with Crippen LogP contribution in [0.3, 0.4) is 0 Å². The van der Waals surface area contributed by atoms with Crippen LogP contribution in [0.15, 0.2) is 60.8 Å². The lowest BCUT2D eigenvalue weighted by Crippen LogP contribution is -2.35. The van der Waals surface area contributed by atoms with Crippen molar-refractivity contribution in [1.82, 2.24) is 9.78 Å². The van der Waals surface area contributed by atoms with Gasteiger partial charge in [0, 0.05) is 12.6 Å². The van der Waals surface area contributed by atoms with Crippen molar-refractivity contribution in [3.63, 3.8) is 0 Å². The fourth-order valence-corrected chi connectivity index (χ4v) is 3.09. The Kier molecular flexibility index (Phi) is 4.80. The number of aromatic nitrogens is 2. The molecule has 0 spiro atoms. The summed E-state index contributed by atoms with van der Waals surface area (Å²) in [5.74, 6) is 0.430. The Bertz CT molecular complexity index is 1010. The summed E-state index contributed by atoms with van der Waals surface area (Å²) in [5.41, 5.74) is 2.05. The first-order valence-corrected chi connectivity index (χ1v) is 9.09. The van der Waals surface area contributed by atoms with Crippen molar-refractivity contribution in [1.29, 1.82) is 0 Å². The highest BCUT2D eigenvalue weighted by atomic mass is 16.5. The first-order valence-electron chi connectivity index (χ1n) is 9.09. The van der Waals surface area contributed by atoms with Gasteiger partial charge in [-0.15, -0.1) is 0 Å². The van der Waals surface area contributed by atoms with Crippen molar-refractivity contribution in [2.75, 3.05) is 10.6 Å². The molecule has 0 radical (unpaired) electrons. The monoisotopic (exact) mass is 376 g/mol. The van der Waals surface area contributed by atoms with Gasteiger partial charge in [-0.25, -0.2) is 4.68 Å². The van der Waals surface area contributed by atoms with Gasteiger partial charge in [0.25, 0.3) is 11.8 Å². The molecule has 2 amide bonds. The van der Waals surface area contributed by atoms with Crippen molar-refractivity contribution in [2.24, 2.45) is 0 Å². The minimum atomic E-state index is -0.655. The molecule has 1 aliphatic heterocycles. The molecule has 0 bridgehead atoms. The van der Waals surface area contributed by atoms with Gasteiger partial charge in [-0.3, -0.25) is 9.59 Å². The van der Waals surface area contributed by atoms with E-state index in [0.29, 0.717) is 29.4 Å². The summed E-state index contributed by atoms with van der Waals surface area (Å²) in [6.45, 7) is 2.29. The maximum Gasteiger partial charge on any atom is 0.265 e. The molecule has 7 heteroatoms. The molecule has 4 rings (SSSR count). The zero-order valence-electron chi connectivity index (χ0n) is 15.4. The number of ether oxygens (including phenoxy) is 1. The number of nitrogens with zero attached hydrogens (tertiary/aromatic N) is 2. The van der Waals surface area contributed by atoms with Crippen LogP contribution in [-0.2, 0) is 17.8 Å². The molecule has 2 heterocycles. The number of nitrogens with one attached hydrogen (secondary N) is 2. The predicted molar refractivity (Wildman–Crippen MR) is 105 cm³/mol. The first-order chi connectivity index (χ1) is 13.6. The van der Waals surface area contributed by atoms with Crippen LogP contribution in [-0.4, -0.2) is 27.7 Å². The number of hydrogen-bond donors (Lipinski definition) is 2. The van der Waals surface area contributed by atoms with Crippen LogP contribution >= 0.6 is 0 Å². The third kappa shape index (κ3) is 3.59. The second-order valence-corrected chi connectivity index (χ2v) is 6.56. The van der Waals surface area contributed by atoms with Crippen molar-refractivity contribution in [2.45, 2.75) is 26.0 Å². The molecular formula is C21H20N4O3. The number of para-hydroxylation sites is 1.